The minimum absolute atomic E-state index is 0.0581. The highest BCUT2D eigenvalue weighted by Gasteiger charge is 2.30. The number of aryl methyl sites for hydroxylation is 2. The zero-order valence-corrected chi connectivity index (χ0v) is 11.9. The molecule has 1 atom stereocenters. The summed E-state index contributed by atoms with van der Waals surface area (Å²) in [5.74, 6) is 0.0581. The van der Waals surface area contributed by atoms with Crippen LogP contribution >= 0.6 is 0 Å². The van der Waals surface area contributed by atoms with Gasteiger partial charge in [-0.25, -0.2) is 0 Å². The largest absolute Gasteiger partial charge is 0.472 e. The zero-order valence-electron chi connectivity index (χ0n) is 11.9. The lowest BCUT2D eigenvalue weighted by Crippen LogP contribution is -2.38. The maximum Gasteiger partial charge on any atom is 0.257 e. The van der Waals surface area contributed by atoms with Crippen molar-refractivity contribution in [2.75, 3.05) is 6.54 Å². The average molecular weight is 273 g/mol. The third-order valence-corrected chi connectivity index (χ3v) is 3.89. The molecule has 0 bridgehead atoms. The van der Waals surface area contributed by atoms with E-state index in [1.54, 1.807) is 12.3 Å². The number of carbonyl (C=O) groups is 1. The lowest BCUT2D eigenvalue weighted by molar-refractivity contribution is 0.0720. The molecular weight excluding hydrogens is 254 g/mol. The van der Waals surface area contributed by atoms with Crippen LogP contribution in [0.2, 0.25) is 0 Å². The number of carbonyl (C=O) groups excluding carboxylic acids is 1. The fourth-order valence-corrected chi connectivity index (χ4v) is 2.90. The van der Waals surface area contributed by atoms with Crippen molar-refractivity contribution in [2.24, 2.45) is 0 Å². The van der Waals surface area contributed by atoms with Crippen LogP contribution in [0.1, 0.15) is 34.6 Å². The van der Waals surface area contributed by atoms with Crippen molar-refractivity contribution in [3.05, 3.63) is 41.6 Å². The number of hydrogen-bond acceptors (Lipinski definition) is 3. The topological polar surface area (TPSA) is 51.3 Å². The highest BCUT2D eigenvalue weighted by molar-refractivity contribution is 5.94. The zero-order chi connectivity index (χ0) is 14.1. The van der Waals surface area contributed by atoms with Gasteiger partial charge in [-0.05, 0) is 38.8 Å². The second-order valence-corrected chi connectivity index (χ2v) is 5.42. The van der Waals surface area contributed by atoms with E-state index in [0.717, 1.165) is 37.3 Å². The van der Waals surface area contributed by atoms with E-state index >= 15 is 0 Å². The predicted molar refractivity (Wildman–Crippen MR) is 74.5 cm³/mol. The molecule has 3 heterocycles. The fourth-order valence-electron chi connectivity index (χ4n) is 2.90. The summed E-state index contributed by atoms with van der Waals surface area (Å²) in [6.07, 6.45) is 5.13. The van der Waals surface area contributed by atoms with Crippen LogP contribution in [0.25, 0.3) is 0 Å². The van der Waals surface area contributed by atoms with E-state index in [0.29, 0.717) is 5.56 Å². The number of aromatic nitrogens is 2. The highest BCUT2D eigenvalue weighted by Crippen LogP contribution is 2.22. The Labute approximate surface area is 118 Å². The molecule has 2 aromatic rings. The van der Waals surface area contributed by atoms with Crippen molar-refractivity contribution in [3.63, 3.8) is 0 Å². The monoisotopic (exact) mass is 273 g/mol. The summed E-state index contributed by atoms with van der Waals surface area (Å²) in [4.78, 5) is 14.4. The Morgan fingerprint density at radius 3 is 3.00 bits per heavy atom. The van der Waals surface area contributed by atoms with Gasteiger partial charge < -0.3 is 9.32 Å². The second kappa shape index (κ2) is 5.15. The van der Waals surface area contributed by atoms with E-state index in [1.807, 2.05) is 16.5 Å². The van der Waals surface area contributed by atoms with Gasteiger partial charge in [-0.3, -0.25) is 9.48 Å². The number of amides is 1. The molecule has 0 N–H and O–H groups in total. The highest BCUT2D eigenvalue weighted by atomic mass is 16.3. The summed E-state index contributed by atoms with van der Waals surface area (Å²) in [6, 6.07) is 4.01. The molecule has 106 valence electrons. The Hall–Kier alpha value is -2.04. The van der Waals surface area contributed by atoms with E-state index in [9.17, 15) is 4.79 Å². The summed E-state index contributed by atoms with van der Waals surface area (Å²) in [6.45, 7) is 5.63. The van der Waals surface area contributed by atoms with Crippen LogP contribution in [-0.4, -0.2) is 33.2 Å². The van der Waals surface area contributed by atoms with Crippen LogP contribution in [-0.2, 0) is 6.54 Å². The molecule has 20 heavy (non-hydrogen) atoms. The average Bonchev–Trinajstić information content (AvgIpc) is 3.12. The first-order chi connectivity index (χ1) is 9.65. The third kappa shape index (κ3) is 2.35. The van der Waals surface area contributed by atoms with Crippen LogP contribution < -0.4 is 0 Å². The number of rotatable bonds is 3. The van der Waals surface area contributed by atoms with Crippen LogP contribution in [0, 0.1) is 13.8 Å². The summed E-state index contributed by atoms with van der Waals surface area (Å²) in [7, 11) is 0. The molecule has 1 aliphatic rings. The summed E-state index contributed by atoms with van der Waals surface area (Å²) in [5, 5.41) is 4.49. The van der Waals surface area contributed by atoms with Crippen molar-refractivity contribution in [1.29, 1.82) is 0 Å². The van der Waals surface area contributed by atoms with E-state index in [-0.39, 0.29) is 11.9 Å². The molecule has 0 unspecified atom stereocenters. The molecule has 0 saturated carbocycles. The van der Waals surface area contributed by atoms with E-state index in [4.69, 9.17) is 4.42 Å². The molecule has 3 rings (SSSR count). The minimum atomic E-state index is 0.0581. The molecule has 0 aromatic carbocycles. The molecule has 1 amide bonds. The van der Waals surface area contributed by atoms with Crippen LogP contribution in [0.4, 0.5) is 0 Å². The van der Waals surface area contributed by atoms with Crippen LogP contribution in [0.15, 0.2) is 29.1 Å². The molecule has 0 radical (unpaired) electrons. The Kier molecular flexibility index (Phi) is 3.34. The van der Waals surface area contributed by atoms with Gasteiger partial charge in [-0.1, -0.05) is 0 Å². The van der Waals surface area contributed by atoms with Crippen molar-refractivity contribution in [3.8, 4) is 0 Å². The molecule has 2 aromatic heterocycles. The number of nitrogens with zero attached hydrogens (tertiary/aromatic N) is 3. The van der Waals surface area contributed by atoms with E-state index < -0.39 is 0 Å². The van der Waals surface area contributed by atoms with Gasteiger partial charge in [0.15, 0.2) is 0 Å². The first-order valence-electron chi connectivity index (χ1n) is 6.99. The molecule has 1 saturated heterocycles. The van der Waals surface area contributed by atoms with Gasteiger partial charge in [0.25, 0.3) is 5.91 Å². The number of likely N-dealkylation sites (tertiary alicyclic amines) is 1. The predicted octanol–water partition coefficient (Wildman–Crippen LogP) is 2.40. The lowest BCUT2D eigenvalue weighted by Gasteiger charge is -2.24. The maximum atomic E-state index is 12.4. The Morgan fingerprint density at radius 2 is 2.35 bits per heavy atom. The van der Waals surface area contributed by atoms with Crippen LogP contribution in [0.3, 0.4) is 0 Å². The first kappa shape index (κ1) is 13.0. The summed E-state index contributed by atoms with van der Waals surface area (Å²) in [5.41, 5.74) is 2.79. The first-order valence-corrected chi connectivity index (χ1v) is 6.99. The second-order valence-electron chi connectivity index (χ2n) is 5.42. The van der Waals surface area contributed by atoms with Crippen LogP contribution in [0.5, 0.6) is 0 Å². The molecule has 5 heteroatoms. The van der Waals surface area contributed by atoms with Gasteiger partial charge in [0.1, 0.15) is 6.26 Å². The standard InChI is InChI=1S/C15H19N3O2/c1-11-8-12(2)18(16-11)9-14-4-3-6-17(14)15(19)13-5-7-20-10-13/h5,7-8,10,14H,3-4,6,9H2,1-2H3/t14-/m0/s1. The smallest absolute Gasteiger partial charge is 0.257 e. The Balaban J connectivity index is 1.76. The van der Waals surface area contributed by atoms with Gasteiger partial charge in [-0.2, -0.15) is 5.10 Å². The van der Waals surface area contributed by atoms with Crippen molar-refractivity contribution in [1.82, 2.24) is 14.7 Å². The van der Waals surface area contributed by atoms with Crippen molar-refractivity contribution < 1.29 is 9.21 Å². The molecular formula is C15H19N3O2. The quantitative estimate of drug-likeness (QED) is 0.863. The number of hydrogen-bond donors (Lipinski definition) is 0. The van der Waals surface area contributed by atoms with E-state index in [2.05, 4.69) is 18.1 Å². The van der Waals surface area contributed by atoms with Gasteiger partial charge >= 0.3 is 0 Å². The molecule has 5 nitrogen and oxygen atoms in total. The molecule has 0 spiro atoms. The van der Waals surface area contributed by atoms with Gasteiger partial charge in [0.2, 0.25) is 0 Å². The van der Waals surface area contributed by atoms with Gasteiger partial charge in [0, 0.05) is 12.2 Å². The van der Waals surface area contributed by atoms with Gasteiger partial charge in [0.05, 0.1) is 30.1 Å². The fraction of sp³-hybridized carbons (Fsp3) is 0.467. The Morgan fingerprint density at radius 1 is 1.50 bits per heavy atom. The normalized spacial score (nSPS) is 18.7. The van der Waals surface area contributed by atoms with E-state index in [1.165, 1.54) is 6.26 Å². The third-order valence-electron chi connectivity index (χ3n) is 3.89. The van der Waals surface area contributed by atoms with Crippen molar-refractivity contribution in [2.45, 2.75) is 39.3 Å². The number of furan rings is 1. The molecule has 1 aliphatic heterocycles. The molecule has 0 aliphatic carbocycles. The Bertz CT molecular complexity index is 601. The lowest BCUT2D eigenvalue weighted by atomic mass is 10.2. The van der Waals surface area contributed by atoms with Gasteiger partial charge in [-0.15, -0.1) is 0 Å². The molecule has 1 fully saturated rings. The summed E-state index contributed by atoms with van der Waals surface area (Å²) < 4.78 is 7.01. The maximum absolute atomic E-state index is 12.4. The SMILES string of the molecule is Cc1cc(C)n(C[C@@H]2CCCN2C(=O)c2ccoc2)n1. The minimum Gasteiger partial charge on any atom is -0.472 e. The summed E-state index contributed by atoms with van der Waals surface area (Å²) >= 11 is 0. The van der Waals surface area contributed by atoms with Crippen molar-refractivity contribution >= 4 is 5.91 Å².